The van der Waals surface area contributed by atoms with E-state index in [4.69, 9.17) is 11.6 Å². The molecular formula is C23H18ClN5O. The minimum Gasteiger partial charge on any atom is -0.362 e. The van der Waals surface area contributed by atoms with E-state index in [0.29, 0.717) is 10.4 Å². The van der Waals surface area contributed by atoms with E-state index in [0.717, 1.165) is 28.2 Å². The molecule has 0 aliphatic rings. The molecule has 0 unspecified atom stereocenters. The van der Waals surface area contributed by atoms with Crippen LogP contribution in [0.4, 0.5) is 5.82 Å². The normalized spacial score (nSPS) is 12.3. The zero-order valence-corrected chi connectivity index (χ0v) is 16.9. The van der Waals surface area contributed by atoms with Crippen molar-refractivity contribution in [2.45, 2.75) is 13.0 Å². The predicted molar refractivity (Wildman–Crippen MR) is 120 cm³/mol. The first kappa shape index (κ1) is 18.4. The number of pyridine rings is 1. The summed E-state index contributed by atoms with van der Waals surface area (Å²) in [6, 6.07) is 20.6. The highest BCUT2D eigenvalue weighted by atomic mass is 35.5. The quantitative estimate of drug-likeness (QED) is 0.455. The number of hydrogen-bond donors (Lipinski definition) is 1. The van der Waals surface area contributed by atoms with Gasteiger partial charge in [0.15, 0.2) is 5.65 Å². The van der Waals surface area contributed by atoms with Gasteiger partial charge in [0.05, 0.1) is 22.6 Å². The van der Waals surface area contributed by atoms with Crippen molar-refractivity contribution in [3.8, 4) is 5.69 Å². The molecule has 1 N–H and O–H groups in total. The summed E-state index contributed by atoms with van der Waals surface area (Å²) >= 11 is 6.39. The van der Waals surface area contributed by atoms with Crippen LogP contribution in [0.15, 0.2) is 83.9 Å². The maximum atomic E-state index is 13.5. The molecule has 0 spiro atoms. The molecule has 5 aromatic rings. The average Bonchev–Trinajstić information content (AvgIpc) is 3.24. The molecule has 3 aromatic heterocycles. The Balaban J connectivity index is 1.71. The van der Waals surface area contributed by atoms with Crippen LogP contribution in [0, 0.1) is 0 Å². The van der Waals surface area contributed by atoms with Crippen LogP contribution in [0.25, 0.3) is 22.1 Å². The van der Waals surface area contributed by atoms with Crippen molar-refractivity contribution in [2.24, 2.45) is 0 Å². The van der Waals surface area contributed by atoms with E-state index in [-0.39, 0.29) is 11.6 Å². The van der Waals surface area contributed by atoms with Crippen molar-refractivity contribution in [1.82, 2.24) is 19.2 Å². The first-order chi connectivity index (χ1) is 14.6. The Kier molecular flexibility index (Phi) is 4.48. The maximum Gasteiger partial charge on any atom is 0.264 e. The van der Waals surface area contributed by atoms with Gasteiger partial charge in [-0.25, -0.2) is 4.98 Å². The lowest BCUT2D eigenvalue weighted by Crippen LogP contribution is -2.26. The van der Waals surface area contributed by atoms with E-state index in [2.05, 4.69) is 15.4 Å². The molecule has 6 nitrogen and oxygen atoms in total. The molecule has 0 saturated heterocycles. The summed E-state index contributed by atoms with van der Waals surface area (Å²) in [5, 5.41) is 9.57. The lowest BCUT2D eigenvalue weighted by Gasteiger charge is -2.22. The van der Waals surface area contributed by atoms with Crippen molar-refractivity contribution in [2.75, 3.05) is 5.32 Å². The largest absolute Gasteiger partial charge is 0.362 e. The van der Waals surface area contributed by atoms with Gasteiger partial charge in [0.25, 0.3) is 5.56 Å². The van der Waals surface area contributed by atoms with E-state index in [1.165, 1.54) is 0 Å². The average molecular weight is 416 g/mol. The number of benzene rings is 2. The molecule has 1 atom stereocenters. The number of halogens is 1. The van der Waals surface area contributed by atoms with Gasteiger partial charge in [-0.1, -0.05) is 41.9 Å². The van der Waals surface area contributed by atoms with Crippen LogP contribution in [0.3, 0.4) is 0 Å². The van der Waals surface area contributed by atoms with Gasteiger partial charge in [0.2, 0.25) is 0 Å². The maximum absolute atomic E-state index is 13.5. The molecule has 30 heavy (non-hydrogen) atoms. The molecule has 0 amide bonds. The van der Waals surface area contributed by atoms with Gasteiger partial charge in [-0.2, -0.15) is 9.61 Å². The molecule has 5 rings (SSSR count). The summed E-state index contributed by atoms with van der Waals surface area (Å²) in [6.07, 6.45) is 3.44. The fourth-order valence-electron chi connectivity index (χ4n) is 3.74. The molecular weight excluding hydrogens is 398 g/mol. The zero-order chi connectivity index (χ0) is 20.7. The Bertz CT molecular complexity index is 1420. The summed E-state index contributed by atoms with van der Waals surface area (Å²) in [4.78, 5) is 17.8. The summed E-state index contributed by atoms with van der Waals surface area (Å²) in [7, 11) is 0. The summed E-state index contributed by atoms with van der Waals surface area (Å²) < 4.78 is 3.45. The lowest BCUT2D eigenvalue weighted by molar-refractivity contribution is 0.763. The van der Waals surface area contributed by atoms with Crippen molar-refractivity contribution < 1.29 is 0 Å². The first-order valence-corrected chi connectivity index (χ1v) is 9.96. The number of para-hydroxylation sites is 1. The molecule has 0 fully saturated rings. The Morgan fingerprint density at radius 1 is 1.00 bits per heavy atom. The third-order valence-electron chi connectivity index (χ3n) is 5.14. The number of hydrogen-bond acceptors (Lipinski definition) is 4. The smallest absolute Gasteiger partial charge is 0.264 e. The third-order valence-corrected chi connectivity index (χ3v) is 5.45. The number of fused-ring (bicyclic) bond motifs is 2. The molecule has 148 valence electrons. The summed E-state index contributed by atoms with van der Waals surface area (Å²) in [5.74, 6) is 0.788. The zero-order valence-electron chi connectivity index (χ0n) is 16.2. The van der Waals surface area contributed by atoms with E-state index in [9.17, 15) is 4.79 Å². The molecule has 0 bridgehead atoms. The molecule has 0 radical (unpaired) electrons. The standard InChI is InChI=1S/C23H18ClN5O/c1-15(27-21-10-12-25-20-11-13-26-29(20)21)19-14-16-6-5-9-18(24)22(16)23(30)28(19)17-7-3-2-4-8-17/h2-15,27H,1H3/t15-/m0/s1. The van der Waals surface area contributed by atoms with Crippen LogP contribution in [0.1, 0.15) is 18.7 Å². The van der Waals surface area contributed by atoms with Crippen molar-refractivity contribution in [3.05, 3.63) is 100 Å². The van der Waals surface area contributed by atoms with Crippen LogP contribution in [-0.2, 0) is 0 Å². The second-order valence-electron chi connectivity index (χ2n) is 7.05. The van der Waals surface area contributed by atoms with E-state index in [1.807, 2.05) is 67.6 Å². The highest BCUT2D eigenvalue weighted by Gasteiger charge is 2.18. The predicted octanol–water partition coefficient (Wildman–Crippen LogP) is 4.86. The van der Waals surface area contributed by atoms with Gasteiger partial charge in [0.1, 0.15) is 5.82 Å². The highest BCUT2D eigenvalue weighted by molar-refractivity contribution is 6.35. The lowest BCUT2D eigenvalue weighted by atomic mass is 10.1. The van der Waals surface area contributed by atoms with Gasteiger partial charge in [-0.15, -0.1) is 0 Å². The van der Waals surface area contributed by atoms with E-state index < -0.39 is 0 Å². The van der Waals surface area contributed by atoms with Crippen molar-refractivity contribution >= 4 is 33.8 Å². The summed E-state index contributed by atoms with van der Waals surface area (Å²) in [6.45, 7) is 2.01. The van der Waals surface area contributed by atoms with Crippen LogP contribution in [0.2, 0.25) is 5.02 Å². The van der Waals surface area contributed by atoms with Crippen LogP contribution < -0.4 is 10.9 Å². The fraction of sp³-hybridized carbons (Fsp3) is 0.0870. The number of nitrogens with one attached hydrogen (secondary N) is 1. The topological polar surface area (TPSA) is 64.2 Å². The molecule has 7 heteroatoms. The first-order valence-electron chi connectivity index (χ1n) is 9.58. The van der Waals surface area contributed by atoms with Crippen LogP contribution in [-0.4, -0.2) is 19.2 Å². The van der Waals surface area contributed by atoms with Crippen molar-refractivity contribution in [1.29, 1.82) is 0 Å². The van der Waals surface area contributed by atoms with Crippen LogP contribution in [0.5, 0.6) is 0 Å². The second kappa shape index (κ2) is 7.31. The monoisotopic (exact) mass is 415 g/mol. The minimum atomic E-state index is -0.198. The van der Waals surface area contributed by atoms with Gasteiger partial charge >= 0.3 is 0 Å². The molecule has 2 aromatic carbocycles. The summed E-state index contributed by atoms with van der Waals surface area (Å²) in [5.41, 5.74) is 2.20. The van der Waals surface area contributed by atoms with Gasteiger partial charge in [-0.3, -0.25) is 9.36 Å². The SMILES string of the molecule is C[C@H](Nc1ccnc2ccnn12)c1cc2cccc(Cl)c2c(=O)n1-c1ccccc1. The van der Waals surface area contributed by atoms with Gasteiger partial charge in [-0.05, 0) is 42.6 Å². The van der Waals surface area contributed by atoms with Crippen LogP contribution >= 0.6 is 11.6 Å². The number of anilines is 1. The number of aromatic nitrogens is 4. The van der Waals surface area contributed by atoms with Crippen molar-refractivity contribution in [3.63, 3.8) is 0 Å². The molecule has 3 heterocycles. The number of rotatable bonds is 4. The van der Waals surface area contributed by atoms with E-state index in [1.54, 1.807) is 27.5 Å². The molecule has 0 aliphatic heterocycles. The Hall–Kier alpha value is -3.64. The molecule has 0 aliphatic carbocycles. The van der Waals surface area contributed by atoms with Gasteiger partial charge in [0, 0.05) is 23.6 Å². The second-order valence-corrected chi connectivity index (χ2v) is 7.45. The molecule has 0 saturated carbocycles. The van der Waals surface area contributed by atoms with E-state index >= 15 is 0 Å². The third kappa shape index (κ3) is 3.02. The fourth-order valence-corrected chi connectivity index (χ4v) is 4.00. The highest BCUT2D eigenvalue weighted by Crippen LogP contribution is 2.27. The van der Waals surface area contributed by atoms with Gasteiger partial charge < -0.3 is 5.32 Å². The Morgan fingerprint density at radius 3 is 2.67 bits per heavy atom. The number of nitrogens with zero attached hydrogens (tertiary/aromatic N) is 4. The Morgan fingerprint density at radius 2 is 1.83 bits per heavy atom. The Labute approximate surface area is 177 Å². The minimum absolute atomic E-state index is 0.146.